The van der Waals surface area contributed by atoms with Crippen molar-refractivity contribution in [2.75, 3.05) is 7.11 Å². The molecule has 0 fully saturated rings. The van der Waals surface area contributed by atoms with Gasteiger partial charge in [-0.3, -0.25) is 4.79 Å². The number of thiophene rings is 1. The molecule has 3 rings (SSSR count). The zero-order valence-electron chi connectivity index (χ0n) is 13.3. The predicted octanol–water partition coefficient (Wildman–Crippen LogP) is 3.22. The van der Waals surface area contributed by atoms with Crippen molar-refractivity contribution in [2.45, 2.75) is 12.8 Å². The van der Waals surface area contributed by atoms with Crippen LogP contribution < -0.4 is 9.47 Å². The van der Waals surface area contributed by atoms with Crippen molar-refractivity contribution in [3.8, 4) is 28.3 Å². The van der Waals surface area contributed by atoms with E-state index < -0.39 is 5.97 Å². The first kappa shape index (κ1) is 16.7. The van der Waals surface area contributed by atoms with Gasteiger partial charge in [-0.25, -0.2) is 0 Å². The maximum Gasteiger partial charge on any atom is 0.311 e. The third-order valence-electron chi connectivity index (χ3n) is 3.27. The molecule has 0 aliphatic rings. The Morgan fingerprint density at radius 1 is 1.36 bits per heavy atom. The van der Waals surface area contributed by atoms with Crippen molar-refractivity contribution in [2.24, 2.45) is 0 Å². The maximum absolute atomic E-state index is 12.0. The number of nitrogens with zero attached hydrogens (tertiary/aromatic N) is 3. The largest absolute Gasteiger partial charge is 0.493 e. The average Bonchev–Trinajstić information content (AvgIpc) is 3.31. The fourth-order valence-corrected chi connectivity index (χ4v) is 2.72. The standard InChI is InChI=1S/C17H13N3O4S/c1-22-13-9-11(10-18)4-5-12(13)23-16(21)7-6-15-19-17(20-24-15)14-3-2-8-25-14/h2-5,8-9H,6-7H2,1H3. The van der Waals surface area contributed by atoms with Crippen LogP contribution in [0.2, 0.25) is 0 Å². The summed E-state index contributed by atoms with van der Waals surface area (Å²) in [7, 11) is 1.44. The van der Waals surface area contributed by atoms with Crippen LogP contribution in [0.4, 0.5) is 0 Å². The molecule has 0 spiro atoms. The molecule has 3 aromatic rings. The number of benzene rings is 1. The van der Waals surface area contributed by atoms with E-state index in [1.807, 2.05) is 23.6 Å². The van der Waals surface area contributed by atoms with E-state index in [2.05, 4.69) is 10.1 Å². The Labute approximate surface area is 147 Å². The molecule has 1 aromatic carbocycles. The Morgan fingerprint density at radius 2 is 2.24 bits per heavy atom. The summed E-state index contributed by atoms with van der Waals surface area (Å²) >= 11 is 1.51. The van der Waals surface area contributed by atoms with E-state index in [1.165, 1.54) is 30.6 Å². The second-order valence-electron chi connectivity index (χ2n) is 4.94. The first-order valence-electron chi connectivity index (χ1n) is 7.35. The number of methoxy groups -OCH3 is 1. The van der Waals surface area contributed by atoms with Crippen LogP contribution in [0.1, 0.15) is 17.9 Å². The van der Waals surface area contributed by atoms with Gasteiger partial charge in [0, 0.05) is 12.5 Å². The van der Waals surface area contributed by atoms with Crippen molar-refractivity contribution in [1.82, 2.24) is 10.1 Å². The molecule has 0 amide bonds. The third kappa shape index (κ3) is 4.02. The lowest BCUT2D eigenvalue weighted by atomic mass is 10.2. The monoisotopic (exact) mass is 355 g/mol. The number of carbonyl (C=O) groups is 1. The van der Waals surface area contributed by atoms with Crippen LogP contribution in [0, 0.1) is 11.3 Å². The summed E-state index contributed by atoms with van der Waals surface area (Å²) in [6.45, 7) is 0. The molecular weight excluding hydrogens is 342 g/mol. The Morgan fingerprint density at radius 3 is 2.96 bits per heavy atom. The highest BCUT2D eigenvalue weighted by Gasteiger charge is 2.14. The van der Waals surface area contributed by atoms with Crippen LogP contribution in [0.25, 0.3) is 10.7 Å². The Bertz CT molecular complexity index is 912. The maximum atomic E-state index is 12.0. The molecule has 8 heteroatoms. The third-order valence-corrected chi connectivity index (χ3v) is 4.13. The van der Waals surface area contributed by atoms with Gasteiger partial charge in [-0.2, -0.15) is 10.2 Å². The molecule has 0 atom stereocenters. The first-order chi connectivity index (χ1) is 12.2. The molecule has 126 valence electrons. The predicted molar refractivity (Wildman–Crippen MR) is 89.3 cm³/mol. The lowest BCUT2D eigenvalue weighted by molar-refractivity contribution is -0.134. The van der Waals surface area contributed by atoms with Crippen molar-refractivity contribution in [1.29, 1.82) is 5.26 Å². The van der Waals surface area contributed by atoms with E-state index in [0.29, 0.717) is 23.0 Å². The molecule has 2 aromatic heterocycles. The summed E-state index contributed by atoms with van der Waals surface area (Å²) in [5, 5.41) is 14.7. The van der Waals surface area contributed by atoms with Crippen molar-refractivity contribution in [3.63, 3.8) is 0 Å². The fourth-order valence-electron chi connectivity index (χ4n) is 2.07. The number of rotatable bonds is 6. The number of nitriles is 1. The zero-order valence-corrected chi connectivity index (χ0v) is 14.1. The topological polar surface area (TPSA) is 98.2 Å². The lowest BCUT2D eigenvalue weighted by Gasteiger charge is -2.08. The summed E-state index contributed by atoms with van der Waals surface area (Å²) in [6.07, 6.45) is 0.352. The molecule has 25 heavy (non-hydrogen) atoms. The van der Waals surface area contributed by atoms with Crippen LogP contribution in [-0.4, -0.2) is 23.2 Å². The Hall–Kier alpha value is -3.18. The van der Waals surface area contributed by atoms with Crippen LogP contribution >= 0.6 is 11.3 Å². The summed E-state index contributed by atoms with van der Waals surface area (Å²) in [6, 6.07) is 10.4. The normalized spacial score (nSPS) is 10.2. The van der Waals surface area contributed by atoms with Gasteiger partial charge in [0.2, 0.25) is 11.7 Å². The van der Waals surface area contributed by atoms with E-state index in [4.69, 9.17) is 19.3 Å². The van der Waals surface area contributed by atoms with Gasteiger partial charge in [0.25, 0.3) is 0 Å². The first-order valence-corrected chi connectivity index (χ1v) is 8.23. The highest BCUT2D eigenvalue weighted by molar-refractivity contribution is 7.13. The van der Waals surface area contributed by atoms with Crippen LogP contribution in [0.15, 0.2) is 40.2 Å². The van der Waals surface area contributed by atoms with Crippen LogP contribution in [-0.2, 0) is 11.2 Å². The summed E-state index contributed by atoms with van der Waals surface area (Å²) in [4.78, 5) is 17.2. The molecule has 0 aliphatic heterocycles. The molecular formula is C17H13N3O4S. The molecule has 0 radical (unpaired) electrons. The quantitative estimate of drug-likeness (QED) is 0.494. The van der Waals surface area contributed by atoms with E-state index in [9.17, 15) is 4.79 Å². The van der Waals surface area contributed by atoms with Gasteiger partial charge >= 0.3 is 5.97 Å². The van der Waals surface area contributed by atoms with E-state index in [1.54, 1.807) is 6.07 Å². The average molecular weight is 355 g/mol. The minimum Gasteiger partial charge on any atom is -0.493 e. The van der Waals surface area contributed by atoms with E-state index >= 15 is 0 Å². The second kappa shape index (κ2) is 7.59. The van der Waals surface area contributed by atoms with Crippen molar-refractivity contribution < 1.29 is 18.8 Å². The van der Waals surface area contributed by atoms with Gasteiger partial charge in [-0.1, -0.05) is 11.2 Å². The van der Waals surface area contributed by atoms with Crippen LogP contribution in [0.3, 0.4) is 0 Å². The minimum atomic E-state index is -0.459. The number of hydrogen-bond donors (Lipinski definition) is 0. The minimum absolute atomic E-state index is 0.0786. The highest BCUT2D eigenvalue weighted by atomic mass is 32.1. The van der Waals surface area contributed by atoms with Gasteiger partial charge in [0.05, 0.1) is 30.0 Å². The molecule has 0 unspecified atom stereocenters. The second-order valence-corrected chi connectivity index (χ2v) is 5.89. The summed E-state index contributed by atoms with van der Waals surface area (Å²) < 4.78 is 15.5. The number of ether oxygens (including phenoxy) is 2. The molecule has 0 saturated heterocycles. The van der Waals surface area contributed by atoms with Gasteiger partial charge in [0.15, 0.2) is 11.5 Å². The summed E-state index contributed by atoms with van der Waals surface area (Å²) in [5.74, 6) is 1.000. The number of carbonyl (C=O) groups excluding carboxylic acids is 1. The highest BCUT2D eigenvalue weighted by Crippen LogP contribution is 2.28. The van der Waals surface area contributed by atoms with Gasteiger partial charge in [-0.05, 0) is 23.6 Å². The fraction of sp³-hybridized carbons (Fsp3) is 0.176. The molecule has 2 heterocycles. The van der Waals surface area contributed by atoms with Crippen molar-refractivity contribution in [3.05, 3.63) is 47.2 Å². The van der Waals surface area contributed by atoms with Crippen LogP contribution in [0.5, 0.6) is 11.5 Å². The molecule has 0 bridgehead atoms. The SMILES string of the molecule is COc1cc(C#N)ccc1OC(=O)CCc1nc(-c2cccs2)no1. The molecule has 0 saturated carbocycles. The molecule has 0 aliphatic carbocycles. The number of hydrogen-bond acceptors (Lipinski definition) is 8. The molecule has 0 N–H and O–H groups in total. The lowest BCUT2D eigenvalue weighted by Crippen LogP contribution is -2.10. The Balaban J connectivity index is 1.59. The molecule has 7 nitrogen and oxygen atoms in total. The number of aryl methyl sites for hydroxylation is 1. The number of esters is 1. The smallest absolute Gasteiger partial charge is 0.311 e. The Kier molecular flexibility index (Phi) is 5.06. The van der Waals surface area contributed by atoms with Crippen molar-refractivity contribution >= 4 is 17.3 Å². The number of aromatic nitrogens is 2. The van der Waals surface area contributed by atoms with E-state index in [-0.39, 0.29) is 18.6 Å². The zero-order chi connectivity index (χ0) is 17.6. The summed E-state index contributed by atoms with van der Waals surface area (Å²) in [5.41, 5.74) is 0.420. The van der Waals surface area contributed by atoms with Gasteiger partial charge < -0.3 is 14.0 Å². The van der Waals surface area contributed by atoms with Gasteiger partial charge in [0.1, 0.15) is 0 Å². The van der Waals surface area contributed by atoms with Gasteiger partial charge in [-0.15, -0.1) is 11.3 Å². The van der Waals surface area contributed by atoms with E-state index in [0.717, 1.165) is 4.88 Å².